The van der Waals surface area contributed by atoms with Crippen LogP contribution in [0.15, 0.2) is 42.5 Å². The summed E-state index contributed by atoms with van der Waals surface area (Å²) in [6.45, 7) is 1.19. The van der Waals surface area contributed by atoms with Gasteiger partial charge in [0.1, 0.15) is 0 Å². The molecular formula is C14H13F3O. The molecule has 1 unspecified atom stereocenters. The van der Waals surface area contributed by atoms with E-state index < -0.39 is 18.2 Å². The summed E-state index contributed by atoms with van der Waals surface area (Å²) in [6.07, 6.45) is -5.65. The monoisotopic (exact) mass is 254 g/mol. The van der Waals surface area contributed by atoms with Crippen molar-refractivity contribution in [3.05, 3.63) is 48.0 Å². The summed E-state index contributed by atoms with van der Waals surface area (Å²) in [4.78, 5) is 0. The third-order valence-corrected chi connectivity index (χ3v) is 2.92. The van der Waals surface area contributed by atoms with Crippen LogP contribution in [0.1, 0.15) is 18.9 Å². The Labute approximate surface area is 103 Å². The first-order valence-electron chi connectivity index (χ1n) is 5.56. The van der Waals surface area contributed by atoms with Gasteiger partial charge in [-0.05, 0) is 29.3 Å². The molecule has 0 amide bonds. The minimum Gasteiger partial charge on any atom is -0.385 e. The molecule has 0 saturated heterocycles. The van der Waals surface area contributed by atoms with Gasteiger partial charge in [-0.1, -0.05) is 36.4 Å². The fourth-order valence-corrected chi connectivity index (χ4v) is 2.02. The number of hydrogen-bond acceptors (Lipinski definition) is 1. The van der Waals surface area contributed by atoms with Crippen LogP contribution in [-0.4, -0.2) is 11.3 Å². The number of benzene rings is 2. The van der Waals surface area contributed by atoms with Crippen LogP contribution in [0, 0.1) is 0 Å². The lowest BCUT2D eigenvalue weighted by molar-refractivity contribution is -0.174. The number of halogens is 3. The molecule has 0 aliphatic carbocycles. The van der Waals surface area contributed by atoms with Crippen LogP contribution in [0.5, 0.6) is 0 Å². The smallest absolute Gasteiger partial charge is 0.385 e. The zero-order valence-corrected chi connectivity index (χ0v) is 9.83. The van der Waals surface area contributed by atoms with Crippen LogP contribution in [0.4, 0.5) is 13.2 Å². The minimum absolute atomic E-state index is 0.276. The lowest BCUT2D eigenvalue weighted by Crippen LogP contribution is -2.28. The SMILES string of the molecule is CC(O)(CC(F)(F)F)c1ccc2ccccc2c1. The first kappa shape index (κ1) is 12.9. The van der Waals surface area contributed by atoms with E-state index in [0.717, 1.165) is 10.8 Å². The largest absolute Gasteiger partial charge is 0.392 e. The Bertz CT molecular complexity index is 558. The van der Waals surface area contributed by atoms with Gasteiger partial charge in [0, 0.05) is 0 Å². The highest BCUT2D eigenvalue weighted by Gasteiger charge is 2.39. The Balaban J connectivity index is 2.41. The molecule has 96 valence electrons. The van der Waals surface area contributed by atoms with Crippen LogP contribution in [0.25, 0.3) is 10.8 Å². The molecule has 1 nitrogen and oxygen atoms in total. The van der Waals surface area contributed by atoms with Crippen molar-refractivity contribution in [3.8, 4) is 0 Å². The van der Waals surface area contributed by atoms with Crippen molar-refractivity contribution in [1.82, 2.24) is 0 Å². The fraction of sp³-hybridized carbons (Fsp3) is 0.286. The summed E-state index contributed by atoms with van der Waals surface area (Å²) in [5, 5.41) is 11.7. The first-order valence-corrected chi connectivity index (χ1v) is 5.56. The number of hydrogen-bond donors (Lipinski definition) is 1. The molecule has 0 aliphatic heterocycles. The summed E-state index contributed by atoms with van der Waals surface area (Å²) < 4.78 is 37.2. The van der Waals surface area contributed by atoms with Crippen molar-refractivity contribution in [3.63, 3.8) is 0 Å². The number of aliphatic hydroxyl groups is 1. The molecule has 0 heterocycles. The van der Waals surface area contributed by atoms with Gasteiger partial charge < -0.3 is 5.11 Å². The number of alkyl halides is 3. The van der Waals surface area contributed by atoms with E-state index in [0.29, 0.717) is 0 Å². The molecule has 0 fully saturated rings. The molecule has 18 heavy (non-hydrogen) atoms. The maximum Gasteiger partial charge on any atom is 0.392 e. The molecule has 1 N–H and O–H groups in total. The molecule has 2 aromatic carbocycles. The summed E-state index contributed by atoms with van der Waals surface area (Å²) in [5.41, 5.74) is -1.62. The van der Waals surface area contributed by atoms with Gasteiger partial charge in [0.15, 0.2) is 0 Å². The molecule has 0 saturated carbocycles. The molecule has 0 aromatic heterocycles. The summed E-state index contributed by atoms with van der Waals surface area (Å²) in [5.74, 6) is 0. The number of fused-ring (bicyclic) bond motifs is 1. The van der Waals surface area contributed by atoms with Gasteiger partial charge in [-0.3, -0.25) is 0 Å². The zero-order chi connectivity index (χ0) is 13.4. The Morgan fingerprint density at radius 1 is 1.00 bits per heavy atom. The molecule has 2 aromatic rings. The van der Waals surface area contributed by atoms with Gasteiger partial charge in [-0.15, -0.1) is 0 Å². The number of rotatable bonds is 2. The van der Waals surface area contributed by atoms with Gasteiger partial charge >= 0.3 is 6.18 Å². The van der Waals surface area contributed by atoms with Crippen molar-refractivity contribution in [1.29, 1.82) is 0 Å². The van der Waals surface area contributed by atoms with E-state index >= 15 is 0 Å². The van der Waals surface area contributed by atoms with Crippen LogP contribution < -0.4 is 0 Å². The summed E-state index contributed by atoms with van der Waals surface area (Å²) in [6, 6.07) is 12.2. The molecule has 4 heteroatoms. The fourth-order valence-electron chi connectivity index (χ4n) is 2.02. The van der Waals surface area contributed by atoms with Crippen molar-refractivity contribution in [2.45, 2.75) is 25.1 Å². The average Bonchev–Trinajstić information content (AvgIpc) is 2.25. The van der Waals surface area contributed by atoms with E-state index in [2.05, 4.69) is 0 Å². The molecular weight excluding hydrogens is 241 g/mol. The highest BCUT2D eigenvalue weighted by molar-refractivity contribution is 5.83. The van der Waals surface area contributed by atoms with E-state index in [4.69, 9.17) is 0 Å². The first-order chi connectivity index (χ1) is 8.28. The third-order valence-electron chi connectivity index (χ3n) is 2.92. The van der Waals surface area contributed by atoms with Crippen molar-refractivity contribution in [2.75, 3.05) is 0 Å². The zero-order valence-electron chi connectivity index (χ0n) is 9.83. The third kappa shape index (κ3) is 2.82. The van der Waals surface area contributed by atoms with Crippen LogP contribution in [0.2, 0.25) is 0 Å². The normalized spacial score (nSPS) is 15.6. The van der Waals surface area contributed by atoms with E-state index in [1.54, 1.807) is 12.1 Å². The quantitative estimate of drug-likeness (QED) is 0.858. The van der Waals surface area contributed by atoms with E-state index in [1.165, 1.54) is 13.0 Å². The maximum atomic E-state index is 12.4. The standard InChI is InChI=1S/C14H13F3O/c1-13(18,9-14(15,16)17)12-7-6-10-4-2-3-5-11(10)8-12/h2-8,18H,9H2,1H3. The maximum absolute atomic E-state index is 12.4. The van der Waals surface area contributed by atoms with Crippen molar-refractivity contribution in [2.24, 2.45) is 0 Å². The van der Waals surface area contributed by atoms with E-state index in [9.17, 15) is 18.3 Å². The molecule has 0 bridgehead atoms. The second-order valence-corrected chi connectivity index (χ2v) is 4.63. The van der Waals surface area contributed by atoms with Gasteiger partial charge in [0.05, 0.1) is 12.0 Å². The minimum atomic E-state index is -4.39. The topological polar surface area (TPSA) is 20.2 Å². The lowest BCUT2D eigenvalue weighted by Gasteiger charge is -2.25. The molecule has 0 radical (unpaired) electrons. The van der Waals surface area contributed by atoms with Crippen LogP contribution in [-0.2, 0) is 5.60 Å². The second-order valence-electron chi connectivity index (χ2n) is 4.63. The predicted octanol–water partition coefficient (Wildman–Crippen LogP) is 4.00. The lowest BCUT2D eigenvalue weighted by atomic mass is 9.90. The van der Waals surface area contributed by atoms with Crippen molar-refractivity contribution < 1.29 is 18.3 Å². The van der Waals surface area contributed by atoms with Crippen LogP contribution in [0.3, 0.4) is 0 Å². The molecule has 2 rings (SSSR count). The molecule has 0 spiro atoms. The van der Waals surface area contributed by atoms with E-state index in [1.807, 2.05) is 24.3 Å². The van der Waals surface area contributed by atoms with Gasteiger partial charge in [-0.25, -0.2) is 0 Å². The van der Waals surface area contributed by atoms with Gasteiger partial charge in [-0.2, -0.15) is 13.2 Å². The van der Waals surface area contributed by atoms with E-state index in [-0.39, 0.29) is 5.56 Å². The Kier molecular flexibility index (Phi) is 3.07. The Morgan fingerprint density at radius 3 is 2.22 bits per heavy atom. The summed E-state index contributed by atoms with van der Waals surface area (Å²) in [7, 11) is 0. The molecule has 0 aliphatic rings. The Hall–Kier alpha value is -1.55. The predicted molar refractivity (Wildman–Crippen MR) is 64.2 cm³/mol. The Morgan fingerprint density at radius 2 is 1.61 bits per heavy atom. The van der Waals surface area contributed by atoms with Gasteiger partial charge in [0.25, 0.3) is 0 Å². The van der Waals surface area contributed by atoms with Crippen molar-refractivity contribution >= 4 is 10.8 Å². The van der Waals surface area contributed by atoms with Crippen LogP contribution >= 0.6 is 0 Å². The second kappa shape index (κ2) is 4.28. The molecule has 1 atom stereocenters. The average molecular weight is 254 g/mol. The van der Waals surface area contributed by atoms with Gasteiger partial charge in [0.2, 0.25) is 0 Å². The highest BCUT2D eigenvalue weighted by Crippen LogP contribution is 2.35. The highest BCUT2D eigenvalue weighted by atomic mass is 19.4. The summed E-state index contributed by atoms with van der Waals surface area (Å²) >= 11 is 0.